The summed E-state index contributed by atoms with van der Waals surface area (Å²) < 4.78 is 23.8. The molecule has 0 unspecified atom stereocenters. The zero-order valence-electron chi connectivity index (χ0n) is 22.3. The molecule has 2 atom stereocenters. The van der Waals surface area contributed by atoms with Crippen LogP contribution in [0.1, 0.15) is 50.1 Å². The van der Waals surface area contributed by atoms with Crippen molar-refractivity contribution in [2.45, 2.75) is 50.0 Å². The highest BCUT2D eigenvalue weighted by Gasteiger charge is 2.47. The van der Waals surface area contributed by atoms with Crippen LogP contribution in [0.5, 0.6) is 0 Å². The third kappa shape index (κ3) is 5.72. The van der Waals surface area contributed by atoms with E-state index in [9.17, 15) is 18.5 Å². The minimum atomic E-state index is -2.94. The molecule has 208 valence electrons. The topological polar surface area (TPSA) is 115 Å². The molecule has 6 rings (SSSR count). The summed E-state index contributed by atoms with van der Waals surface area (Å²) in [6.45, 7) is 1.00. The number of sulfone groups is 1. The van der Waals surface area contributed by atoms with Crippen molar-refractivity contribution in [2.75, 3.05) is 34.8 Å². The monoisotopic (exact) mass is 575 g/mol. The predicted octanol–water partition coefficient (Wildman–Crippen LogP) is 5.23. The zero-order chi connectivity index (χ0) is 27.7. The lowest BCUT2D eigenvalue weighted by Gasteiger charge is -2.31. The van der Waals surface area contributed by atoms with Crippen molar-refractivity contribution >= 4 is 43.6 Å². The Labute approximate surface area is 239 Å². The number of hydrogen-bond acceptors (Lipinski definition) is 8. The van der Waals surface area contributed by atoms with Gasteiger partial charge in [-0.05, 0) is 55.5 Å². The molecular formula is C30H33N5O3S2. The molecule has 2 saturated carbocycles. The number of benzene rings is 2. The van der Waals surface area contributed by atoms with Crippen molar-refractivity contribution in [1.82, 2.24) is 10.3 Å². The van der Waals surface area contributed by atoms with Gasteiger partial charge < -0.3 is 15.5 Å². The maximum atomic E-state index is 13.5. The number of carbonyl (C=O) groups is 1. The SMILES string of the molecule is N#CC1(NC(=O)[C@@H]2CCCC[C@H]2c2nc(Nc3ccccc3)sc2-c2ccc(N3CCS(=O)(=O)CC3)cc2)CC1. The highest BCUT2D eigenvalue weighted by Crippen LogP contribution is 2.46. The molecule has 3 aromatic rings. The Bertz CT molecular complexity index is 1510. The molecule has 10 heteroatoms. The van der Waals surface area contributed by atoms with Gasteiger partial charge in [0.05, 0.1) is 28.1 Å². The third-order valence-electron chi connectivity index (χ3n) is 8.30. The lowest BCUT2D eigenvalue weighted by Crippen LogP contribution is -2.42. The van der Waals surface area contributed by atoms with Crippen molar-refractivity contribution in [2.24, 2.45) is 5.92 Å². The Morgan fingerprint density at radius 3 is 2.40 bits per heavy atom. The first kappa shape index (κ1) is 26.8. The van der Waals surface area contributed by atoms with Gasteiger partial charge in [0, 0.05) is 36.3 Å². The summed E-state index contributed by atoms with van der Waals surface area (Å²) in [5.74, 6) is 0.0732. The molecule has 1 aliphatic heterocycles. The van der Waals surface area contributed by atoms with E-state index in [1.807, 2.05) is 30.3 Å². The number of nitrogens with one attached hydrogen (secondary N) is 2. The van der Waals surface area contributed by atoms with Crippen LogP contribution in [0.25, 0.3) is 10.4 Å². The van der Waals surface area contributed by atoms with Crippen molar-refractivity contribution in [1.29, 1.82) is 5.26 Å². The van der Waals surface area contributed by atoms with E-state index in [4.69, 9.17) is 4.98 Å². The Hall–Kier alpha value is -3.42. The minimum absolute atomic E-state index is 0.0318. The lowest BCUT2D eigenvalue weighted by atomic mass is 9.76. The molecule has 3 fully saturated rings. The van der Waals surface area contributed by atoms with Crippen molar-refractivity contribution in [3.63, 3.8) is 0 Å². The number of rotatable bonds is 7. The summed E-state index contributed by atoms with van der Waals surface area (Å²) in [4.78, 5) is 21.7. The Balaban J connectivity index is 1.31. The van der Waals surface area contributed by atoms with Crippen molar-refractivity contribution in [3.8, 4) is 16.5 Å². The van der Waals surface area contributed by atoms with Crippen LogP contribution in [-0.4, -0.2) is 49.4 Å². The summed E-state index contributed by atoms with van der Waals surface area (Å²) in [5, 5.41) is 16.8. The molecule has 2 heterocycles. The van der Waals surface area contributed by atoms with Crippen molar-refractivity contribution < 1.29 is 13.2 Å². The first-order valence-electron chi connectivity index (χ1n) is 14.0. The van der Waals surface area contributed by atoms with E-state index in [-0.39, 0.29) is 29.2 Å². The lowest BCUT2D eigenvalue weighted by molar-refractivity contribution is -0.127. The molecule has 3 aliphatic rings. The Morgan fingerprint density at radius 1 is 1.02 bits per heavy atom. The van der Waals surface area contributed by atoms with E-state index in [0.29, 0.717) is 13.1 Å². The fraction of sp³-hybridized carbons (Fsp3) is 0.433. The van der Waals surface area contributed by atoms with E-state index in [0.717, 1.165) is 71.2 Å². The molecule has 1 amide bonds. The van der Waals surface area contributed by atoms with Gasteiger partial charge >= 0.3 is 0 Å². The van der Waals surface area contributed by atoms with E-state index in [1.165, 1.54) is 0 Å². The standard InChI is InChI=1S/C30H33N5O3S2/c31-20-30(14-15-30)34-28(36)25-9-5-4-8-24(25)26-27(39-29(33-26)32-22-6-2-1-3-7-22)21-10-12-23(13-11-21)35-16-18-40(37,38)19-17-35/h1-3,6-7,10-13,24-25H,4-5,8-9,14-19H2,(H,32,33)(H,34,36)/t24-,25-/m1/s1. The Morgan fingerprint density at radius 2 is 1.73 bits per heavy atom. The number of anilines is 3. The zero-order valence-corrected chi connectivity index (χ0v) is 23.9. The number of amides is 1. The van der Waals surface area contributed by atoms with E-state index in [1.54, 1.807) is 11.3 Å². The number of aromatic nitrogens is 1. The van der Waals surface area contributed by atoms with Crippen LogP contribution < -0.4 is 15.5 Å². The maximum Gasteiger partial charge on any atom is 0.225 e. The quantitative estimate of drug-likeness (QED) is 0.396. The number of thiazole rings is 1. The predicted molar refractivity (Wildman–Crippen MR) is 159 cm³/mol. The number of hydrogen-bond donors (Lipinski definition) is 2. The smallest absolute Gasteiger partial charge is 0.225 e. The Kier molecular flexibility index (Phi) is 7.27. The number of nitriles is 1. The molecule has 2 aliphatic carbocycles. The summed E-state index contributed by atoms with van der Waals surface area (Å²) in [6.07, 6.45) is 5.12. The minimum Gasteiger partial charge on any atom is -0.369 e. The van der Waals surface area contributed by atoms with E-state index >= 15 is 0 Å². The first-order chi connectivity index (χ1) is 19.3. The summed E-state index contributed by atoms with van der Waals surface area (Å²) in [5.41, 5.74) is 3.23. The molecule has 0 bridgehead atoms. The van der Waals surface area contributed by atoms with Gasteiger partial charge in [0.25, 0.3) is 0 Å². The van der Waals surface area contributed by atoms with Gasteiger partial charge in [0.15, 0.2) is 15.0 Å². The molecule has 1 saturated heterocycles. The number of carbonyl (C=O) groups excluding carboxylic acids is 1. The van der Waals surface area contributed by atoms with Crippen LogP contribution in [0.4, 0.5) is 16.5 Å². The van der Waals surface area contributed by atoms with E-state index < -0.39 is 15.4 Å². The number of para-hydroxylation sites is 1. The average molecular weight is 576 g/mol. The molecule has 1 aromatic heterocycles. The van der Waals surface area contributed by atoms with Crippen LogP contribution in [0.3, 0.4) is 0 Å². The first-order valence-corrected chi connectivity index (χ1v) is 16.6. The second kappa shape index (κ2) is 10.9. The van der Waals surface area contributed by atoms with Crippen molar-refractivity contribution in [3.05, 3.63) is 60.3 Å². The summed E-state index contributed by atoms with van der Waals surface area (Å²) >= 11 is 1.59. The average Bonchev–Trinajstić information content (AvgIpc) is 3.63. The van der Waals surface area contributed by atoms with Gasteiger partial charge in [-0.3, -0.25) is 4.79 Å². The van der Waals surface area contributed by atoms with Gasteiger partial charge in [-0.1, -0.05) is 54.5 Å². The normalized spacial score (nSPS) is 23.1. The second-order valence-electron chi connectivity index (χ2n) is 11.1. The summed E-state index contributed by atoms with van der Waals surface area (Å²) in [7, 11) is -2.94. The molecule has 8 nitrogen and oxygen atoms in total. The largest absolute Gasteiger partial charge is 0.369 e. The van der Waals surface area contributed by atoms with Crippen LogP contribution in [0.2, 0.25) is 0 Å². The van der Waals surface area contributed by atoms with Gasteiger partial charge in [-0.2, -0.15) is 5.26 Å². The number of nitrogens with zero attached hydrogens (tertiary/aromatic N) is 3. The van der Waals surface area contributed by atoms with Gasteiger partial charge in [-0.15, -0.1) is 0 Å². The van der Waals surface area contributed by atoms with Crippen LogP contribution in [-0.2, 0) is 14.6 Å². The highest BCUT2D eigenvalue weighted by atomic mass is 32.2. The second-order valence-corrected chi connectivity index (χ2v) is 14.4. The molecule has 2 aromatic carbocycles. The van der Waals surface area contributed by atoms with Gasteiger partial charge in [0.2, 0.25) is 5.91 Å². The third-order valence-corrected chi connectivity index (χ3v) is 10.9. The highest BCUT2D eigenvalue weighted by molar-refractivity contribution is 7.91. The van der Waals surface area contributed by atoms with Crippen LogP contribution in [0, 0.1) is 17.2 Å². The molecule has 40 heavy (non-hydrogen) atoms. The molecule has 0 spiro atoms. The van der Waals surface area contributed by atoms with Gasteiger partial charge in [-0.25, -0.2) is 13.4 Å². The van der Waals surface area contributed by atoms with E-state index in [2.05, 4.69) is 45.9 Å². The van der Waals surface area contributed by atoms with Crippen LogP contribution in [0.15, 0.2) is 54.6 Å². The maximum absolute atomic E-state index is 13.5. The molecular weight excluding hydrogens is 542 g/mol. The molecule has 0 radical (unpaired) electrons. The van der Waals surface area contributed by atoms with Crippen LogP contribution >= 0.6 is 11.3 Å². The molecule has 2 N–H and O–H groups in total. The fourth-order valence-corrected chi connectivity index (χ4v) is 8.04. The van der Waals surface area contributed by atoms with Gasteiger partial charge in [0.1, 0.15) is 5.54 Å². The fourth-order valence-electron chi connectivity index (χ4n) is 5.77. The summed E-state index contributed by atoms with van der Waals surface area (Å²) in [6, 6.07) is 20.5.